The standard InChI is InChI=1S/C11H11NS2.C11H12O2S2.C10H9NS2.2C6H9NS2.2C6H10O2S2.2C5H7NS2/c1-11(2,12-3)14-10(13)9-7-5-4-6-8-9;1-11(2,13-8-12)15-10(14)9-6-4-3-5-7-9;1-8(7-11)13-10(12)9-5-3-2-4-6-9;2*1-5(8)9-6(2,3)7-4;2*1-5(9)10-6(2,3)8-4-7;2*1-4(3-6)8-5(2)7/h4-8H,1-2H3;3-8H,1-2H3;2-6,8H,1H3;2*1-3H3;2*4H,1-3H3;2*4H,1-2H3. The lowest BCUT2D eigenvalue weighted by Crippen LogP contribution is -2.21. The summed E-state index contributed by atoms with van der Waals surface area (Å²) in [5, 5.41) is 25.0. The molecule has 96 heavy (non-hydrogen) atoms. The number of ether oxygens (including phenoxy) is 3. The van der Waals surface area contributed by atoms with E-state index in [2.05, 4.69) is 32.7 Å². The molecule has 0 saturated heterocycles. The van der Waals surface area contributed by atoms with Crippen LogP contribution in [-0.4, -0.2) is 102 Å². The van der Waals surface area contributed by atoms with E-state index in [4.69, 9.17) is 160 Å². The first kappa shape index (κ1) is 104. The molecule has 0 radical (unpaired) electrons. The largest absolute Gasteiger partial charge is 0.450 e. The van der Waals surface area contributed by atoms with Crippen LogP contribution in [0, 0.1) is 53.7 Å². The van der Waals surface area contributed by atoms with Crippen LogP contribution in [0.1, 0.15) is 162 Å². The molecule has 3 aromatic rings. The third kappa shape index (κ3) is 70.8. The van der Waals surface area contributed by atoms with Gasteiger partial charge in [0, 0.05) is 58.3 Å². The first-order chi connectivity index (χ1) is 44.1. The summed E-state index contributed by atoms with van der Waals surface area (Å²) in [6.07, 6.45) is 0. The maximum atomic E-state index is 10.3. The highest BCUT2D eigenvalue weighted by Gasteiger charge is 2.27. The topological polar surface area (TPSA) is 163 Å². The first-order valence-electron chi connectivity index (χ1n) is 27.7. The highest BCUT2D eigenvalue weighted by molar-refractivity contribution is 8.27. The van der Waals surface area contributed by atoms with Crippen LogP contribution in [0.25, 0.3) is 14.5 Å². The molecule has 0 fully saturated rings. The molecule has 0 heterocycles. The molecule has 3 rings (SSSR count). The second kappa shape index (κ2) is 58.6. The van der Waals surface area contributed by atoms with Crippen molar-refractivity contribution in [3.63, 3.8) is 0 Å². The second-order valence-electron chi connectivity index (χ2n) is 20.7. The molecule has 3 atom stereocenters. The van der Waals surface area contributed by atoms with E-state index in [0.717, 1.165) is 54.5 Å². The normalized spacial score (nSPS) is 11.0. The Hall–Kier alpha value is -3.03. The maximum Gasteiger partial charge on any atom is 0.294 e. The number of hydrogen-bond donors (Lipinski definition) is 0. The van der Waals surface area contributed by atoms with Crippen molar-refractivity contribution in [2.75, 3.05) is 0 Å². The summed E-state index contributed by atoms with van der Waals surface area (Å²) in [6, 6.07) is 35.5. The summed E-state index contributed by atoms with van der Waals surface area (Å²) in [6.45, 7) is 60.2. The third-order valence-electron chi connectivity index (χ3n) is 8.59. The van der Waals surface area contributed by atoms with Gasteiger partial charge in [-0.05, 0) is 156 Å². The molecule has 522 valence electrons. The van der Waals surface area contributed by atoms with E-state index < -0.39 is 19.7 Å². The van der Waals surface area contributed by atoms with Crippen LogP contribution < -0.4 is 0 Å². The van der Waals surface area contributed by atoms with Crippen LogP contribution in [0.3, 0.4) is 0 Å². The molecule has 0 N–H and O–H groups in total. The zero-order valence-electron chi connectivity index (χ0n) is 57.6. The van der Waals surface area contributed by atoms with Gasteiger partial charge in [-0.1, -0.05) is 248 Å². The van der Waals surface area contributed by atoms with Crippen molar-refractivity contribution >= 4 is 273 Å². The zero-order valence-corrected chi connectivity index (χ0v) is 72.3. The van der Waals surface area contributed by atoms with Crippen LogP contribution in [0.5, 0.6) is 0 Å². The summed E-state index contributed by atoms with van der Waals surface area (Å²) in [5.41, 5.74) is 3.01. The van der Waals surface area contributed by atoms with Crippen LogP contribution in [0.15, 0.2) is 91.0 Å². The lowest BCUT2D eigenvalue weighted by molar-refractivity contribution is -0.134. The number of rotatable bonds is 18. The van der Waals surface area contributed by atoms with Crippen LogP contribution >= 0.6 is 216 Å². The Labute approximate surface area is 660 Å². The Morgan fingerprint density at radius 1 is 0.375 bits per heavy atom. The number of benzene rings is 3. The van der Waals surface area contributed by atoms with Gasteiger partial charge in [-0.3, -0.25) is 28.9 Å². The maximum absolute atomic E-state index is 10.3. The van der Waals surface area contributed by atoms with E-state index >= 15 is 0 Å². The van der Waals surface area contributed by atoms with Gasteiger partial charge in [0.2, 0.25) is 0 Å². The Bertz CT molecular complexity index is 3100. The summed E-state index contributed by atoms with van der Waals surface area (Å²) in [7, 11) is 0. The molecule has 0 aliphatic carbocycles. The van der Waals surface area contributed by atoms with Crippen molar-refractivity contribution in [2.24, 2.45) is 0 Å². The smallest absolute Gasteiger partial charge is 0.294 e. The molecule has 0 saturated carbocycles. The number of nitrogens with zero attached hydrogens (tertiary/aromatic N) is 6. The van der Waals surface area contributed by atoms with E-state index in [1.807, 2.05) is 181 Å². The molecule has 3 unspecified atom stereocenters. The molecule has 12 nitrogen and oxygen atoms in total. The lowest BCUT2D eigenvalue weighted by atomic mass is 10.2. The fraction of sp³-hybridized carbons (Fsp3) is 0.455. The summed E-state index contributed by atoms with van der Waals surface area (Å²) < 4.78 is 21.5. The monoisotopic (exact) mass is 1630 g/mol. The fourth-order valence-electron chi connectivity index (χ4n) is 4.98. The highest BCUT2D eigenvalue weighted by atomic mass is 32.2. The number of carbonyl (C=O) groups excluding carboxylic acids is 3. The van der Waals surface area contributed by atoms with Crippen LogP contribution in [-0.2, 0) is 28.6 Å². The number of thiocarbonyl (C=S) groups is 9. The number of thioether (sulfide) groups is 9. The zero-order chi connectivity index (χ0) is 76.1. The van der Waals surface area contributed by atoms with Gasteiger partial charge in [0.05, 0.1) is 54.9 Å². The molecule has 0 bridgehead atoms. The van der Waals surface area contributed by atoms with Gasteiger partial charge in [0.15, 0.2) is 14.8 Å². The van der Waals surface area contributed by atoms with Gasteiger partial charge in [-0.2, -0.15) is 15.8 Å². The molecule has 3 aromatic carbocycles. The minimum absolute atomic E-state index is 0.00694. The second-order valence-corrected chi connectivity index (χ2v) is 42.8. The predicted molar refractivity (Wildman–Crippen MR) is 463 cm³/mol. The quantitative estimate of drug-likeness (QED) is 0.0388. The van der Waals surface area contributed by atoms with Crippen molar-refractivity contribution < 1.29 is 28.6 Å². The minimum atomic E-state index is -0.616. The van der Waals surface area contributed by atoms with E-state index in [1.165, 1.54) is 106 Å². The van der Waals surface area contributed by atoms with Gasteiger partial charge in [-0.25, -0.2) is 19.7 Å². The van der Waals surface area contributed by atoms with Crippen molar-refractivity contribution in [1.29, 1.82) is 15.8 Å². The highest BCUT2D eigenvalue weighted by Crippen LogP contribution is 2.32. The number of carbonyl (C=O) groups is 3. The molecular weight excluding hydrogens is 1550 g/mol. The average Bonchev–Trinajstić information content (AvgIpc) is 3.63. The average molecular weight is 1630 g/mol. The molecule has 0 aliphatic rings. The Morgan fingerprint density at radius 2 is 0.594 bits per heavy atom. The van der Waals surface area contributed by atoms with Crippen molar-refractivity contribution in [1.82, 2.24) is 0 Å². The summed E-state index contributed by atoms with van der Waals surface area (Å²) in [4.78, 5) is 37.5. The summed E-state index contributed by atoms with van der Waals surface area (Å²) in [5.74, 6) is 0. The molecule has 0 aliphatic heterocycles. The van der Waals surface area contributed by atoms with Gasteiger partial charge in [-0.15, -0.1) is 23.5 Å². The van der Waals surface area contributed by atoms with Gasteiger partial charge < -0.3 is 14.2 Å². The lowest BCUT2D eigenvalue weighted by Gasteiger charge is -2.21. The Balaban J connectivity index is -0.000000240. The van der Waals surface area contributed by atoms with E-state index in [9.17, 15) is 14.4 Å². The van der Waals surface area contributed by atoms with E-state index in [-0.39, 0.29) is 25.5 Å². The van der Waals surface area contributed by atoms with Gasteiger partial charge in [0.1, 0.15) is 0 Å². The number of nitriles is 3. The molecule has 0 spiro atoms. The van der Waals surface area contributed by atoms with Gasteiger partial charge >= 0.3 is 0 Å². The van der Waals surface area contributed by atoms with Crippen molar-refractivity contribution in [3.05, 3.63) is 142 Å². The SMILES string of the molecule is CC(=S)SC(C)(C)OC=O.CC(=S)SC(C)(C)OC=O.CC(=S)SC(C)C#N.CC(=S)SC(C)C#N.CC(C#N)SC(=S)c1ccccc1.CC(C)(OC=O)SC(=S)c1ccccc1.[C-]#[N+]C(C)(C)SC(=S)c1ccccc1.[C-]#[N+]C(C)(C)SC(C)=S.[C-]#[N+]C(C)(C)SC(C)=S. The molecule has 0 amide bonds. The fourth-order valence-corrected chi connectivity index (χ4v) is 16.7. The summed E-state index contributed by atoms with van der Waals surface area (Å²) >= 11 is 57.1. The van der Waals surface area contributed by atoms with Crippen LogP contribution in [0.2, 0.25) is 0 Å². The minimum Gasteiger partial charge on any atom is -0.450 e. The van der Waals surface area contributed by atoms with E-state index in [1.54, 1.807) is 55.4 Å². The van der Waals surface area contributed by atoms with E-state index in [0.29, 0.717) is 19.4 Å². The molecular formula is C66H84N6O6S18. The number of hydrogen-bond acceptors (Lipinski definition) is 27. The molecule has 0 aromatic heterocycles. The van der Waals surface area contributed by atoms with Crippen molar-refractivity contribution in [2.45, 2.75) is 191 Å². The Morgan fingerprint density at radius 3 is 0.792 bits per heavy atom. The first-order valence-corrected chi connectivity index (χ1v) is 38.9. The van der Waals surface area contributed by atoms with Gasteiger partial charge in [0.25, 0.3) is 34.0 Å². The predicted octanol–water partition coefficient (Wildman–Crippen LogP) is 23.1. The third-order valence-corrected chi connectivity index (χ3v) is 19.7. The van der Waals surface area contributed by atoms with Crippen LogP contribution in [0.4, 0.5) is 0 Å². The van der Waals surface area contributed by atoms with Crippen molar-refractivity contribution in [3.8, 4) is 18.2 Å². The molecule has 30 heteroatoms. The Kier molecular flexibility index (Phi) is 63.5.